The summed E-state index contributed by atoms with van der Waals surface area (Å²) in [6.45, 7) is 4.59. The summed E-state index contributed by atoms with van der Waals surface area (Å²) in [7, 11) is 0. The number of anilines is 1. The van der Waals surface area contributed by atoms with E-state index in [4.69, 9.17) is 23.2 Å². The predicted octanol–water partition coefficient (Wildman–Crippen LogP) is 5.25. The molecule has 0 aliphatic carbocycles. The lowest BCUT2D eigenvalue weighted by Gasteiger charge is -2.25. The summed E-state index contributed by atoms with van der Waals surface area (Å²) in [5.74, 6) is -0.532. The largest absolute Gasteiger partial charge is 0.369 e. The second-order valence-corrected chi connectivity index (χ2v) is 6.83. The minimum absolute atomic E-state index is 0.00864. The fourth-order valence-corrected chi connectivity index (χ4v) is 2.60. The lowest BCUT2D eigenvalue weighted by atomic mass is 10.2. The number of carbonyl (C=O) groups excluding carboxylic acids is 1. The molecular weight excluding hydrogens is 369 g/mol. The first-order valence-corrected chi connectivity index (χ1v) is 8.84. The zero-order valence-corrected chi connectivity index (χ0v) is 16.1. The summed E-state index contributed by atoms with van der Waals surface area (Å²) in [5.41, 5.74) is 1.45. The van der Waals surface area contributed by atoms with Crippen molar-refractivity contribution < 1.29 is 4.79 Å². The molecule has 0 aliphatic rings. The number of carbonyl (C=O) groups is 1. The lowest BCUT2D eigenvalue weighted by molar-refractivity contribution is -0.112. The van der Waals surface area contributed by atoms with E-state index in [0.717, 1.165) is 5.56 Å². The molecule has 1 amide bonds. The van der Waals surface area contributed by atoms with Crippen molar-refractivity contribution in [3.63, 3.8) is 0 Å². The maximum atomic E-state index is 12.5. The molecule has 0 bridgehead atoms. The van der Waals surface area contributed by atoms with Crippen molar-refractivity contribution >= 4 is 34.8 Å². The van der Waals surface area contributed by atoms with Gasteiger partial charge in [0.15, 0.2) is 0 Å². The molecule has 4 nitrogen and oxygen atoms in total. The topological polar surface area (TPSA) is 56.1 Å². The maximum absolute atomic E-state index is 12.5. The first kappa shape index (κ1) is 19.8. The van der Waals surface area contributed by atoms with E-state index >= 15 is 0 Å². The fraction of sp³-hybridized carbons (Fsp3) is 0.200. The number of amides is 1. The van der Waals surface area contributed by atoms with Crippen LogP contribution in [0.2, 0.25) is 10.0 Å². The van der Waals surface area contributed by atoms with Crippen molar-refractivity contribution in [1.82, 2.24) is 4.90 Å². The highest BCUT2D eigenvalue weighted by molar-refractivity contribution is 6.35. The Bertz CT molecular complexity index is 842. The van der Waals surface area contributed by atoms with Gasteiger partial charge in [-0.15, -0.1) is 0 Å². The third-order valence-electron chi connectivity index (χ3n) is 3.71. The van der Waals surface area contributed by atoms with Gasteiger partial charge in [0.05, 0.1) is 10.7 Å². The summed E-state index contributed by atoms with van der Waals surface area (Å²) in [6, 6.07) is 16.7. The summed E-state index contributed by atoms with van der Waals surface area (Å²) in [4.78, 5) is 14.4. The summed E-state index contributed by atoms with van der Waals surface area (Å²) < 4.78 is 0. The van der Waals surface area contributed by atoms with E-state index in [2.05, 4.69) is 5.32 Å². The highest BCUT2D eigenvalue weighted by Crippen LogP contribution is 2.25. The molecule has 2 rings (SSSR count). The van der Waals surface area contributed by atoms with Gasteiger partial charge < -0.3 is 10.2 Å². The first-order chi connectivity index (χ1) is 12.4. The van der Waals surface area contributed by atoms with Crippen molar-refractivity contribution in [1.29, 1.82) is 5.26 Å². The van der Waals surface area contributed by atoms with Crippen LogP contribution in [0.1, 0.15) is 19.4 Å². The zero-order chi connectivity index (χ0) is 19.1. The number of benzene rings is 2. The van der Waals surface area contributed by atoms with Gasteiger partial charge in [0.2, 0.25) is 0 Å². The molecule has 0 radical (unpaired) electrons. The number of rotatable bonds is 6. The smallest absolute Gasteiger partial charge is 0.267 e. The van der Waals surface area contributed by atoms with Crippen molar-refractivity contribution in [3.8, 4) is 6.07 Å². The van der Waals surface area contributed by atoms with Crippen molar-refractivity contribution in [3.05, 3.63) is 75.9 Å². The summed E-state index contributed by atoms with van der Waals surface area (Å²) in [6.07, 6.45) is 1.57. The number of halogens is 2. The van der Waals surface area contributed by atoms with Gasteiger partial charge >= 0.3 is 0 Å². The molecule has 2 aromatic carbocycles. The van der Waals surface area contributed by atoms with E-state index in [9.17, 15) is 10.1 Å². The number of hydrogen-bond acceptors (Lipinski definition) is 3. The van der Waals surface area contributed by atoms with Crippen LogP contribution in [-0.2, 0) is 11.3 Å². The highest BCUT2D eigenvalue weighted by Gasteiger charge is 2.15. The van der Waals surface area contributed by atoms with E-state index in [0.29, 0.717) is 22.3 Å². The van der Waals surface area contributed by atoms with Crippen LogP contribution in [-0.4, -0.2) is 16.8 Å². The predicted molar refractivity (Wildman–Crippen MR) is 106 cm³/mol. The monoisotopic (exact) mass is 387 g/mol. The van der Waals surface area contributed by atoms with Crippen LogP contribution in [0.25, 0.3) is 0 Å². The van der Waals surface area contributed by atoms with Crippen LogP contribution in [0.4, 0.5) is 5.69 Å². The Labute approximate surface area is 163 Å². The van der Waals surface area contributed by atoms with Crippen LogP contribution >= 0.6 is 23.2 Å². The van der Waals surface area contributed by atoms with Crippen molar-refractivity contribution in [2.45, 2.75) is 26.4 Å². The van der Waals surface area contributed by atoms with Crippen molar-refractivity contribution in [2.75, 3.05) is 5.32 Å². The zero-order valence-electron chi connectivity index (χ0n) is 14.5. The molecule has 0 unspecified atom stereocenters. The number of nitrogens with one attached hydrogen (secondary N) is 1. The normalized spacial score (nSPS) is 11.2. The molecule has 0 spiro atoms. The van der Waals surface area contributed by atoms with Gasteiger partial charge in [-0.1, -0.05) is 53.5 Å². The van der Waals surface area contributed by atoms with E-state index in [1.807, 2.05) is 55.1 Å². The SMILES string of the molecule is CC(C)N(/C=C(/C#N)C(=O)Nc1cc(Cl)ccc1Cl)Cc1ccccc1. The molecule has 6 heteroatoms. The quantitative estimate of drug-likeness (QED) is 0.543. The van der Waals surface area contributed by atoms with Gasteiger partial charge in [0.25, 0.3) is 5.91 Å². The maximum Gasteiger partial charge on any atom is 0.267 e. The third kappa shape index (κ3) is 5.52. The number of nitrogens with zero attached hydrogens (tertiary/aromatic N) is 2. The van der Waals surface area contributed by atoms with Gasteiger partial charge in [0, 0.05) is 23.8 Å². The Morgan fingerprint density at radius 1 is 1.23 bits per heavy atom. The Balaban J connectivity index is 2.21. The second kappa shape index (κ2) is 9.28. The minimum Gasteiger partial charge on any atom is -0.369 e. The molecule has 2 aromatic rings. The average molecular weight is 388 g/mol. The third-order valence-corrected chi connectivity index (χ3v) is 4.27. The van der Waals surface area contributed by atoms with Gasteiger partial charge in [-0.25, -0.2) is 0 Å². The molecule has 0 saturated heterocycles. The standard InChI is InChI=1S/C20H19Cl2N3O/c1-14(2)25(12-15-6-4-3-5-7-15)13-16(11-23)20(26)24-19-10-17(21)8-9-18(19)22/h3-10,13-14H,12H2,1-2H3,(H,24,26)/b16-13-. The van der Waals surface area contributed by atoms with Crippen LogP contribution in [0, 0.1) is 11.3 Å². The van der Waals surface area contributed by atoms with Gasteiger partial charge in [-0.3, -0.25) is 4.79 Å². The molecular formula is C20H19Cl2N3O. The lowest BCUT2D eigenvalue weighted by Crippen LogP contribution is -2.27. The van der Waals surface area contributed by atoms with Gasteiger partial charge in [-0.2, -0.15) is 5.26 Å². The number of hydrogen-bond donors (Lipinski definition) is 1. The van der Waals surface area contributed by atoms with Gasteiger partial charge in [-0.05, 0) is 37.6 Å². The molecule has 0 atom stereocenters. The van der Waals surface area contributed by atoms with Gasteiger partial charge in [0.1, 0.15) is 11.6 Å². The molecule has 0 saturated carbocycles. The Hall–Kier alpha value is -2.48. The molecule has 0 heterocycles. The Morgan fingerprint density at radius 2 is 1.92 bits per heavy atom. The number of nitriles is 1. The molecule has 0 fully saturated rings. The van der Waals surface area contributed by atoms with Crippen LogP contribution in [0.3, 0.4) is 0 Å². The molecule has 1 N–H and O–H groups in total. The van der Waals surface area contributed by atoms with E-state index in [1.165, 1.54) is 0 Å². The van der Waals surface area contributed by atoms with Crippen molar-refractivity contribution in [2.24, 2.45) is 0 Å². The van der Waals surface area contributed by atoms with Crippen LogP contribution in [0.5, 0.6) is 0 Å². The van der Waals surface area contributed by atoms with E-state index < -0.39 is 5.91 Å². The summed E-state index contributed by atoms with van der Waals surface area (Å²) in [5, 5.41) is 12.9. The fourth-order valence-electron chi connectivity index (χ4n) is 2.26. The van der Waals surface area contributed by atoms with Crippen LogP contribution < -0.4 is 5.32 Å². The Kier molecular flexibility index (Phi) is 7.08. The molecule has 0 aliphatic heterocycles. The van der Waals surface area contributed by atoms with E-state index in [1.54, 1.807) is 24.4 Å². The Morgan fingerprint density at radius 3 is 2.54 bits per heavy atom. The second-order valence-electron chi connectivity index (χ2n) is 5.98. The molecule has 0 aromatic heterocycles. The van der Waals surface area contributed by atoms with E-state index in [-0.39, 0.29) is 11.6 Å². The minimum atomic E-state index is -0.532. The molecule has 134 valence electrons. The highest BCUT2D eigenvalue weighted by atomic mass is 35.5. The summed E-state index contributed by atoms with van der Waals surface area (Å²) >= 11 is 12.0. The average Bonchev–Trinajstić information content (AvgIpc) is 2.62. The molecule has 26 heavy (non-hydrogen) atoms. The van der Waals surface area contributed by atoms with Crippen LogP contribution in [0.15, 0.2) is 60.3 Å². The first-order valence-electron chi connectivity index (χ1n) is 8.08.